The Kier molecular flexibility index (Phi) is 4.75. The molecule has 5 rings (SSSR count). The van der Waals surface area contributed by atoms with Crippen molar-refractivity contribution in [3.05, 3.63) is 59.4 Å². The number of H-pyrrole nitrogens is 1. The molecule has 2 aliphatic rings. The molecule has 1 atom stereocenters. The summed E-state index contributed by atoms with van der Waals surface area (Å²) in [5, 5.41) is 10.8. The second-order valence-corrected chi connectivity index (χ2v) is 8.20. The van der Waals surface area contributed by atoms with Gasteiger partial charge in [0.1, 0.15) is 5.82 Å². The molecule has 1 saturated heterocycles. The Hall–Kier alpha value is -3.19. The monoisotopic (exact) mass is 421 g/mol. The van der Waals surface area contributed by atoms with Crippen LogP contribution in [0.1, 0.15) is 31.0 Å². The summed E-state index contributed by atoms with van der Waals surface area (Å²) in [7, 11) is 0. The van der Waals surface area contributed by atoms with Crippen LogP contribution in [0.3, 0.4) is 0 Å². The van der Waals surface area contributed by atoms with Crippen molar-refractivity contribution in [2.75, 3.05) is 16.8 Å². The number of amides is 2. The summed E-state index contributed by atoms with van der Waals surface area (Å²) in [6, 6.07) is 14.5. The van der Waals surface area contributed by atoms with Crippen LogP contribution in [0.2, 0.25) is 5.02 Å². The van der Waals surface area contributed by atoms with Crippen molar-refractivity contribution in [2.45, 2.75) is 25.2 Å². The minimum atomic E-state index is -0.401. The number of hydrogen-bond acceptors (Lipinski definition) is 4. The Morgan fingerprint density at radius 2 is 1.83 bits per heavy atom. The van der Waals surface area contributed by atoms with E-state index in [4.69, 9.17) is 11.6 Å². The highest BCUT2D eigenvalue weighted by Gasteiger charge is 2.35. The van der Waals surface area contributed by atoms with Gasteiger partial charge in [-0.15, -0.1) is 0 Å². The molecule has 0 radical (unpaired) electrons. The van der Waals surface area contributed by atoms with Gasteiger partial charge in [0.05, 0.1) is 5.92 Å². The van der Waals surface area contributed by atoms with E-state index in [2.05, 4.69) is 20.5 Å². The molecule has 1 aliphatic carbocycles. The summed E-state index contributed by atoms with van der Waals surface area (Å²) in [6.07, 6.45) is 2.52. The highest BCUT2D eigenvalue weighted by Crippen LogP contribution is 2.38. The lowest BCUT2D eigenvalue weighted by atomic mass is 10.1. The average molecular weight is 422 g/mol. The largest absolute Gasteiger partial charge is 0.326 e. The number of aromatic nitrogens is 3. The molecule has 30 heavy (non-hydrogen) atoms. The molecular weight excluding hydrogens is 402 g/mol. The van der Waals surface area contributed by atoms with Gasteiger partial charge < -0.3 is 10.2 Å². The summed E-state index contributed by atoms with van der Waals surface area (Å²) < 4.78 is 0. The lowest BCUT2D eigenvalue weighted by molar-refractivity contribution is -0.122. The van der Waals surface area contributed by atoms with Crippen LogP contribution in [0.15, 0.2) is 48.5 Å². The molecule has 152 valence electrons. The molecule has 3 aromatic rings. The molecule has 2 aromatic carbocycles. The van der Waals surface area contributed by atoms with E-state index in [-0.39, 0.29) is 18.2 Å². The van der Waals surface area contributed by atoms with Gasteiger partial charge in [-0.3, -0.25) is 14.7 Å². The van der Waals surface area contributed by atoms with Crippen molar-refractivity contribution < 1.29 is 9.59 Å². The number of carbonyl (C=O) groups excluding carboxylic acids is 2. The van der Waals surface area contributed by atoms with Gasteiger partial charge in [0, 0.05) is 40.8 Å². The van der Waals surface area contributed by atoms with E-state index in [0.29, 0.717) is 29.0 Å². The van der Waals surface area contributed by atoms with E-state index in [1.165, 1.54) is 12.8 Å². The molecule has 2 N–H and O–H groups in total. The second-order valence-electron chi connectivity index (χ2n) is 7.77. The molecule has 0 spiro atoms. The smallest absolute Gasteiger partial charge is 0.229 e. The maximum atomic E-state index is 12.7. The van der Waals surface area contributed by atoms with Crippen molar-refractivity contribution in [3.63, 3.8) is 0 Å². The van der Waals surface area contributed by atoms with E-state index >= 15 is 0 Å². The van der Waals surface area contributed by atoms with Gasteiger partial charge in [0.15, 0.2) is 5.82 Å². The second kappa shape index (κ2) is 7.57. The van der Waals surface area contributed by atoms with Crippen molar-refractivity contribution >= 4 is 34.8 Å². The van der Waals surface area contributed by atoms with Gasteiger partial charge in [0.25, 0.3) is 0 Å². The number of nitrogens with zero attached hydrogens (tertiary/aromatic N) is 3. The molecule has 1 aromatic heterocycles. The van der Waals surface area contributed by atoms with E-state index in [1.807, 2.05) is 24.3 Å². The third-order valence-corrected chi connectivity index (χ3v) is 5.76. The maximum absolute atomic E-state index is 12.7. The number of rotatable bonds is 5. The summed E-state index contributed by atoms with van der Waals surface area (Å²) in [5.74, 6) is 1.49. The average Bonchev–Trinajstić information content (AvgIpc) is 3.35. The van der Waals surface area contributed by atoms with Crippen LogP contribution in [-0.2, 0) is 9.59 Å². The molecule has 0 unspecified atom stereocenters. The molecule has 1 saturated carbocycles. The number of aromatic amines is 1. The van der Waals surface area contributed by atoms with Gasteiger partial charge >= 0.3 is 0 Å². The summed E-state index contributed by atoms with van der Waals surface area (Å²) in [6.45, 7) is 0.353. The molecule has 8 heteroatoms. The quantitative estimate of drug-likeness (QED) is 0.651. The van der Waals surface area contributed by atoms with Gasteiger partial charge in [0.2, 0.25) is 11.8 Å². The van der Waals surface area contributed by atoms with Crippen LogP contribution in [0.25, 0.3) is 11.4 Å². The lowest BCUT2D eigenvalue weighted by Crippen LogP contribution is -2.28. The Morgan fingerprint density at radius 1 is 1.10 bits per heavy atom. The topological polar surface area (TPSA) is 91.0 Å². The van der Waals surface area contributed by atoms with Crippen LogP contribution < -0.4 is 10.2 Å². The van der Waals surface area contributed by atoms with Gasteiger partial charge in [-0.05, 0) is 61.4 Å². The number of carbonyl (C=O) groups is 2. The first-order valence-corrected chi connectivity index (χ1v) is 10.3. The zero-order valence-electron chi connectivity index (χ0n) is 16.1. The molecule has 7 nitrogen and oxygen atoms in total. The first-order valence-electron chi connectivity index (χ1n) is 9.96. The van der Waals surface area contributed by atoms with Gasteiger partial charge in [-0.2, -0.15) is 5.10 Å². The number of hydrogen-bond donors (Lipinski definition) is 2. The molecule has 2 amide bonds. The van der Waals surface area contributed by atoms with E-state index < -0.39 is 5.92 Å². The standard InChI is InChI=1S/C22H20ClN5O2/c23-16-5-9-18(10-6-16)28-12-15(11-19(28)29)22(30)24-17-7-3-14(4-8-17)21-25-20(26-27-21)13-1-2-13/h3-10,13,15H,1-2,11-12H2,(H,24,30)(H,25,26,27)/t15-/m1/s1. The Morgan fingerprint density at radius 3 is 2.53 bits per heavy atom. The van der Waals surface area contributed by atoms with Crippen LogP contribution in [0.4, 0.5) is 11.4 Å². The van der Waals surface area contributed by atoms with Crippen LogP contribution in [0.5, 0.6) is 0 Å². The molecule has 2 fully saturated rings. The Balaban J connectivity index is 1.22. The van der Waals surface area contributed by atoms with Crippen molar-refractivity contribution in [3.8, 4) is 11.4 Å². The maximum Gasteiger partial charge on any atom is 0.229 e. The normalized spacial score (nSPS) is 18.6. The predicted octanol–water partition coefficient (Wildman–Crippen LogP) is 3.99. The Labute approximate surface area is 178 Å². The van der Waals surface area contributed by atoms with E-state index in [9.17, 15) is 9.59 Å². The zero-order valence-corrected chi connectivity index (χ0v) is 16.9. The molecule has 0 bridgehead atoms. The lowest BCUT2D eigenvalue weighted by Gasteiger charge is -2.16. The SMILES string of the molecule is O=C(Nc1ccc(-c2n[nH]c(C3CC3)n2)cc1)[C@@H]1CC(=O)N(c2ccc(Cl)cc2)C1. The zero-order chi connectivity index (χ0) is 20.7. The number of nitrogens with one attached hydrogen (secondary N) is 2. The van der Waals surface area contributed by atoms with Crippen molar-refractivity contribution in [1.82, 2.24) is 15.2 Å². The fourth-order valence-electron chi connectivity index (χ4n) is 3.64. The van der Waals surface area contributed by atoms with Crippen LogP contribution in [-0.4, -0.2) is 33.5 Å². The van der Waals surface area contributed by atoms with Crippen LogP contribution >= 0.6 is 11.6 Å². The third kappa shape index (κ3) is 3.80. The molecule has 1 aliphatic heterocycles. The first-order chi connectivity index (χ1) is 14.6. The fraction of sp³-hybridized carbons (Fsp3) is 0.273. The number of anilines is 2. The third-order valence-electron chi connectivity index (χ3n) is 5.51. The summed E-state index contributed by atoms with van der Waals surface area (Å²) >= 11 is 5.91. The van der Waals surface area contributed by atoms with Crippen LogP contribution in [0, 0.1) is 5.92 Å². The van der Waals surface area contributed by atoms with Crippen molar-refractivity contribution in [1.29, 1.82) is 0 Å². The van der Waals surface area contributed by atoms with E-state index in [0.717, 1.165) is 17.1 Å². The minimum Gasteiger partial charge on any atom is -0.326 e. The van der Waals surface area contributed by atoms with Gasteiger partial charge in [-0.1, -0.05) is 11.6 Å². The highest BCUT2D eigenvalue weighted by atomic mass is 35.5. The summed E-state index contributed by atoms with van der Waals surface area (Å²) in [5.41, 5.74) is 2.32. The highest BCUT2D eigenvalue weighted by molar-refractivity contribution is 6.30. The minimum absolute atomic E-state index is 0.0658. The van der Waals surface area contributed by atoms with Gasteiger partial charge in [-0.25, -0.2) is 4.98 Å². The first kappa shape index (κ1) is 18.8. The number of halogens is 1. The van der Waals surface area contributed by atoms with Crippen molar-refractivity contribution in [2.24, 2.45) is 5.92 Å². The molecule has 2 heterocycles. The molecular formula is C22H20ClN5O2. The Bertz CT molecular complexity index is 1090. The summed E-state index contributed by atoms with van der Waals surface area (Å²) in [4.78, 5) is 31.2. The predicted molar refractivity (Wildman–Crippen MR) is 114 cm³/mol. The number of benzene rings is 2. The van der Waals surface area contributed by atoms with E-state index in [1.54, 1.807) is 29.2 Å². The fourth-order valence-corrected chi connectivity index (χ4v) is 3.77.